The van der Waals surface area contributed by atoms with E-state index >= 15 is 0 Å². The molecule has 0 bridgehead atoms. The van der Waals surface area contributed by atoms with Crippen LogP contribution >= 0.6 is 11.3 Å². The second-order valence-electron chi connectivity index (χ2n) is 3.86. The molecule has 19 heavy (non-hydrogen) atoms. The van der Waals surface area contributed by atoms with Gasteiger partial charge in [0, 0.05) is 17.7 Å². The molecule has 1 N–H and O–H groups in total. The van der Waals surface area contributed by atoms with E-state index in [0.717, 1.165) is 0 Å². The molecule has 0 aliphatic heterocycles. The van der Waals surface area contributed by atoms with Gasteiger partial charge in [0.05, 0.1) is 18.0 Å². The second kappa shape index (κ2) is 5.63. The van der Waals surface area contributed by atoms with Gasteiger partial charge in [-0.2, -0.15) is 0 Å². The Bertz CT molecular complexity index is 562. The normalized spacial score (nSPS) is 12.5. The lowest BCUT2D eigenvalue weighted by molar-refractivity contribution is 0.406. The van der Waals surface area contributed by atoms with E-state index in [1.165, 1.54) is 18.4 Å². The molecule has 2 aromatic rings. The average molecular weight is 287 g/mol. The van der Waals surface area contributed by atoms with Crippen molar-refractivity contribution in [3.63, 3.8) is 0 Å². The van der Waals surface area contributed by atoms with E-state index in [1.54, 1.807) is 18.5 Å². The molecule has 2 rings (SSSR count). The topological polar surface area (TPSA) is 21.3 Å². The van der Waals surface area contributed by atoms with Gasteiger partial charge in [0.2, 0.25) is 0 Å². The molecule has 0 radical (unpaired) electrons. The summed E-state index contributed by atoms with van der Waals surface area (Å²) in [6.45, 7) is 0. The van der Waals surface area contributed by atoms with E-state index < -0.39 is 23.5 Å². The number of nitrogens with one attached hydrogen (secondary N) is 1. The minimum absolute atomic E-state index is 0.218. The fraction of sp³-hybridized carbons (Fsp3) is 0.231. The van der Waals surface area contributed by atoms with Crippen LogP contribution in [0.4, 0.5) is 13.2 Å². The van der Waals surface area contributed by atoms with Crippen molar-refractivity contribution < 1.29 is 17.9 Å². The summed E-state index contributed by atoms with van der Waals surface area (Å²) in [4.78, 5) is 0.634. The number of thiophene rings is 1. The number of halogens is 3. The van der Waals surface area contributed by atoms with E-state index in [-0.39, 0.29) is 5.56 Å². The maximum absolute atomic E-state index is 13.8. The third kappa shape index (κ3) is 2.59. The third-order valence-corrected chi connectivity index (χ3v) is 3.72. The van der Waals surface area contributed by atoms with Gasteiger partial charge in [-0.15, -0.1) is 11.3 Å². The van der Waals surface area contributed by atoms with Gasteiger partial charge in [-0.05, 0) is 18.5 Å². The van der Waals surface area contributed by atoms with E-state index in [0.29, 0.717) is 22.8 Å². The Hall–Kier alpha value is -1.53. The van der Waals surface area contributed by atoms with E-state index in [4.69, 9.17) is 4.74 Å². The number of hydrogen-bond donors (Lipinski definition) is 1. The zero-order chi connectivity index (χ0) is 14.0. The molecule has 1 atom stereocenters. The molecule has 2 nitrogen and oxygen atoms in total. The van der Waals surface area contributed by atoms with Gasteiger partial charge >= 0.3 is 0 Å². The zero-order valence-corrected chi connectivity index (χ0v) is 11.2. The highest BCUT2D eigenvalue weighted by Gasteiger charge is 2.25. The lowest BCUT2D eigenvalue weighted by Gasteiger charge is -2.18. The van der Waals surface area contributed by atoms with Crippen LogP contribution in [0.1, 0.15) is 16.5 Å². The summed E-state index contributed by atoms with van der Waals surface area (Å²) in [6, 6.07) is 2.32. The molecule has 1 aromatic heterocycles. The van der Waals surface area contributed by atoms with Gasteiger partial charge in [0.15, 0.2) is 0 Å². The van der Waals surface area contributed by atoms with Crippen LogP contribution in [0.15, 0.2) is 23.6 Å². The maximum Gasteiger partial charge on any atom is 0.134 e. The minimum atomic E-state index is -0.938. The molecule has 1 heterocycles. The molecule has 0 fully saturated rings. The quantitative estimate of drug-likeness (QED) is 0.929. The molecule has 0 spiro atoms. The Morgan fingerprint density at radius 1 is 1.21 bits per heavy atom. The highest BCUT2D eigenvalue weighted by molar-refractivity contribution is 7.10. The van der Waals surface area contributed by atoms with E-state index in [1.807, 2.05) is 0 Å². The molecule has 0 amide bonds. The highest BCUT2D eigenvalue weighted by Crippen LogP contribution is 2.36. The molecule has 0 aliphatic rings. The number of ether oxygens (including phenoxy) is 1. The summed E-state index contributed by atoms with van der Waals surface area (Å²) in [5, 5.41) is 4.59. The smallest absolute Gasteiger partial charge is 0.134 e. The van der Waals surface area contributed by atoms with Gasteiger partial charge in [0.25, 0.3) is 0 Å². The van der Waals surface area contributed by atoms with Gasteiger partial charge in [-0.25, -0.2) is 13.2 Å². The molecule has 1 unspecified atom stereocenters. The van der Waals surface area contributed by atoms with Crippen molar-refractivity contribution in [3.05, 3.63) is 51.5 Å². The standard InChI is InChI=1S/C13H12F3NOS/c1-17-12(13-10(18-2)3-4-19-13)11-8(15)5-7(14)6-9(11)16/h3-6,12,17H,1-2H3. The first kappa shape index (κ1) is 13.9. The van der Waals surface area contributed by atoms with Crippen LogP contribution in [0.5, 0.6) is 5.75 Å². The van der Waals surface area contributed by atoms with Crippen molar-refractivity contribution in [2.75, 3.05) is 14.2 Å². The zero-order valence-electron chi connectivity index (χ0n) is 10.3. The highest BCUT2D eigenvalue weighted by atomic mass is 32.1. The maximum atomic E-state index is 13.8. The predicted molar refractivity (Wildman–Crippen MR) is 68.1 cm³/mol. The summed E-state index contributed by atoms with van der Waals surface area (Å²) in [5.41, 5.74) is -0.218. The van der Waals surface area contributed by atoms with E-state index in [9.17, 15) is 13.2 Å². The molecule has 102 valence electrons. The van der Waals surface area contributed by atoms with Crippen molar-refractivity contribution in [3.8, 4) is 5.75 Å². The number of benzene rings is 1. The fourth-order valence-corrected chi connectivity index (χ4v) is 2.90. The summed E-state index contributed by atoms with van der Waals surface area (Å²) in [6.07, 6.45) is 0. The monoisotopic (exact) mass is 287 g/mol. The van der Waals surface area contributed by atoms with Gasteiger partial charge in [-0.3, -0.25) is 0 Å². The summed E-state index contributed by atoms with van der Waals surface area (Å²) in [7, 11) is 3.06. The van der Waals surface area contributed by atoms with Crippen LogP contribution in [0.2, 0.25) is 0 Å². The number of hydrogen-bond acceptors (Lipinski definition) is 3. The van der Waals surface area contributed by atoms with Crippen molar-refractivity contribution >= 4 is 11.3 Å². The van der Waals surface area contributed by atoms with Crippen LogP contribution in [0.25, 0.3) is 0 Å². The Balaban J connectivity index is 2.54. The van der Waals surface area contributed by atoms with Crippen LogP contribution in [-0.4, -0.2) is 14.2 Å². The van der Waals surface area contributed by atoms with Crippen LogP contribution < -0.4 is 10.1 Å². The number of rotatable bonds is 4. The second-order valence-corrected chi connectivity index (χ2v) is 4.81. The molecule has 1 aromatic carbocycles. The van der Waals surface area contributed by atoms with Gasteiger partial charge < -0.3 is 10.1 Å². The summed E-state index contributed by atoms with van der Waals surface area (Å²) in [5.74, 6) is -2.25. The largest absolute Gasteiger partial charge is 0.496 e. The minimum Gasteiger partial charge on any atom is -0.496 e. The first-order valence-electron chi connectivity index (χ1n) is 5.51. The molecule has 6 heteroatoms. The van der Waals surface area contributed by atoms with Gasteiger partial charge in [0.1, 0.15) is 23.2 Å². The van der Waals surface area contributed by atoms with E-state index in [2.05, 4.69) is 5.32 Å². The molecule has 0 saturated carbocycles. The molecule has 0 aliphatic carbocycles. The molecule has 0 saturated heterocycles. The Labute approximate surface area is 112 Å². The van der Waals surface area contributed by atoms with Crippen molar-refractivity contribution in [2.24, 2.45) is 0 Å². The summed E-state index contributed by atoms with van der Waals surface area (Å²) >= 11 is 1.31. The van der Waals surface area contributed by atoms with Crippen LogP contribution in [0.3, 0.4) is 0 Å². The SMILES string of the molecule is CNC(c1sccc1OC)c1c(F)cc(F)cc1F. The third-order valence-electron chi connectivity index (χ3n) is 2.76. The first-order chi connectivity index (χ1) is 9.08. The van der Waals surface area contributed by atoms with Crippen LogP contribution in [-0.2, 0) is 0 Å². The van der Waals surface area contributed by atoms with Crippen molar-refractivity contribution in [2.45, 2.75) is 6.04 Å². The Morgan fingerprint density at radius 2 is 1.84 bits per heavy atom. The lowest BCUT2D eigenvalue weighted by Crippen LogP contribution is -2.20. The number of methoxy groups -OCH3 is 1. The predicted octanol–water partition coefficient (Wildman–Crippen LogP) is 3.48. The lowest BCUT2D eigenvalue weighted by atomic mass is 10.0. The Morgan fingerprint density at radius 3 is 2.37 bits per heavy atom. The first-order valence-corrected chi connectivity index (χ1v) is 6.39. The van der Waals surface area contributed by atoms with Crippen molar-refractivity contribution in [1.29, 1.82) is 0 Å². The molecular weight excluding hydrogens is 275 g/mol. The molecular formula is C13H12F3NOS. The van der Waals surface area contributed by atoms with Crippen molar-refractivity contribution in [1.82, 2.24) is 5.32 Å². The van der Waals surface area contributed by atoms with Gasteiger partial charge in [-0.1, -0.05) is 0 Å². The Kier molecular flexibility index (Phi) is 4.11. The fourth-order valence-electron chi connectivity index (χ4n) is 1.92. The average Bonchev–Trinajstić information content (AvgIpc) is 2.81. The summed E-state index contributed by atoms with van der Waals surface area (Å²) < 4.78 is 45.7. The van der Waals surface area contributed by atoms with Crippen LogP contribution in [0, 0.1) is 17.5 Å².